The highest BCUT2D eigenvalue weighted by molar-refractivity contribution is 7.81. The minimum atomic E-state index is 0.597. The number of hydrogen-bond acceptors (Lipinski definition) is 1. The summed E-state index contributed by atoms with van der Waals surface area (Å²) in [5.41, 5.74) is 0. The van der Waals surface area contributed by atoms with Gasteiger partial charge in [-0.15, -0.1) is 0 Å². The van der Waals surface area contributed by atoms with Gasteiger partial charge in [0, 0.05) is 5.25 Å². The minimum absolute atomic E-state index is 0.597. The summed E-state index contributed by atoms with van der Waals surface area (Å²) in [5, 5.41) is 0.597. The zero-order chi connectivity index (χ0) is 8.85. The lowest BCUT2D eigenvalue weighted by Crippen LogP contribution is -2.19. The Morgan fingerprint density at radius 1 is 1.18 bits per heavy atom. The predicted molar refractivity (Wildman–Crippen MR) is 56.3 cm³/mol. The van der Waals surface area contributed by atoms with E-state index in [2.05, 4.69) is 40.3 Å². The normalized spacial score (nSPS) is 16.9. The van der Waals surface area contributed by atoms with Crippen molar-refractivity contribution in [2.24, 2.45) is 11.8 Å². The predicted octanol–water partition coefficient (Wildman–Crippen LogP) is 3.77. The molecule has 0 N–H and O–H groups in total. The fourth-order valence-corrected chi connectivity index (χ4v) is 1.89. The Morgan fingerprint density at radius 3 is 2.00 bits per heavy atom. The van der Waals surface area contributed by atoms with E-state index in [1.807, 2.05) is 0 Å². The first-order valence-electron chi connectivity index (χ1n) is 4.81. The summed E-state index contributed by atoms with van der Waals surface area (Å²) in [6.07, 6.45) is 3.91. The van der Waals surface area contributed by atoms with Crippen molar-refractivity contribution in [2.45, 2.75) is 52.2 Å². The molecule has 0 aromatic carbocycles. The molecule has 0 aliphatic rings. The molecule has 0 heterocycles. The Morgan fingerprint density at radius 2 is 1.73 bits per heavy atom. The van der Waals surface area contributed by atoms with Gasteiger partial charge in [-0.25, -0.2) is 0 Å². The van der Waals surface area contributed by atoms with Crippen LogP contribution in [0.2, 0.25) is 0 Å². The van der Waals surface area contributed by atoms with E-state index < -0.39 is 0 Å². The molecule has 0 aromatic heterocycles. The van der Waals surface area contributed by atoms with Crippen LogP contribution in [-0.4, -0.2) is 5.25 Å². The molecule has 0 aliphatic carbocycles. The molecule has 0 spiro atoms. The van der Waals surface area contributed by atoms with Gasteiger partial charge in [-0.05, 0) is 18.3 Å². The maximum Gasteiger partial charge on any atom is 0.00679 e. The molecule has 0 nitrogen and oxygen atoms in total. The van der Waals surface area contributed by atoms with Gasteiger partial charge in [0.2, 0.25) is 0 Å². The molecular formula is C10H22S. The maximum atomic E-state index is 4.63. The summed E-state index contributed by atoms with van der Waals surface area (Å²) in [5.74, 6) is 1.54. The first-order valence-corrected chi connectivity index (χ1v) is 5.33. The summed E-state index contributed by atoms with van der Waals surface area (Å²) >= 11 is 4.63. The largest absolute Gasteiger partial charge is 0.175 e. The van der Waals surface area contributed by atoms with Gasteiger partial charge in [-0.2, -0.15) is 12.6 Å². The molecule has 0 rings (SSSR count). The Hall–Kier alpha value is 0.350. The summed E-state index contributed by atoms with van der Waals surface area (Å²) in [6.45, 7) is 9.04. The topological polar surface area (TPSA) is 0 Å². The van der Waals surface area contributed by atoms with E-state index >= 15 is 0 Å². The van der Waals surface area contributed by atoms with Crippen LogP contribution >= 0.6 is 12.6 Å². The molecule has 0 saturated heterocycles. The fourth-order valence-electron chi connectivity index (χ4n) is 1.53. The average Bonchev–Trinajstić information content (AvgIpc) is 1.98. The molecule has 0 fully saturated rings. The quantitative estimate of drug-likeness (QED) is 0.603. The van der Waals surface area contributed by atoms with E-state index in [1.165, 1.54) is 19.3 Å². The summed E-state index contributed by atoms with van der Waals surface area (Å²) in [6, 6.07) is 0. The van der Waals surface area contributed by atoms with Gasteiger partial charge in [-0.1, -0.05) is 40.5 Å². The van der Waals surface area contributed by atoms with Gasteiger partial charge in [0.25, 0.3) is 0 Å². The summed E-state index contributed by atoms with van der Waals surface area (Å²) < 4.78 is 0. The van der Waals surface area contributed by atoms with E-state index in [-0.39, 0.29) is 0 Å². The lowest BCUT2D eigenvalue weighted by molar-refractivity contribution is 0.389. The van der Waals surface area contributed by atoms with Crippen molar-refractivity contribution in [1.82, 2.24) is 0 Å². The van der Waals surface area contributed by atoms with E-state index in [0.717, 1.165) is 11.8 Å². The van der Waals surface area contributed by atoms with Gasteiger partial charge in [0.1, 0.15) is 0 Å². The van der Waals surface area contributed by atoms with Crippen LogP contribution in [0.15, 0.2) is 0 Å². The first kappa shape index (κ1) is 11.4. The van der Waals surface area contributed by atoms with Gasteiger partial charge >= 0.3 is 0 Å². The van der Waals surface area contributed by atoms with Crippen molar-refractivity contribution in [2.75, 3.05) is 0 Å². The van der Waals surface area contributed by atoms with E-state index in [9.17, 15) is 0 Å². The molecule has 0 saturated carbocycles. The zero-order valence-electron chi connectivity index (χ0n) is 8.30. The molecule has 68 valence electrons. The Bertz CT molecular complexity index is 88.9. The molecule has 0 bridgehead atoms. The van der Waals surface area contributed by atoms with Crippen molar-refractivity contribution < 1.29 is 0 Å². The maximum absolute atomic E-state index is 4.63. The van der Waals surface area contributed by atoms with Crippen LogP contribution in [0, 0.1) is 11.8 Å². The van der Waals surface area contributed by atoms with Crippen molar-refractivity contribution in [3.8, 4) is 0 Å². The molecule has 0 aromatic rings. The SMILES string of the molecule is CCCC(CC)C(S)C(C)C. The molecule has 0 radical (unpaired) electrons. The van der Waals surface area contributed by atoms with E-state index in [1.54, 1.807) is 0 Å². The Labute approximate surface area is 77.2 Å². The fraction of sp³-hybridized carbons (Fsp3) is 1.00. The lowest BCUT2D eigenvalue weighted by atomic mass is 9.90. The minimum Gasteiger partial charge on any atom is -0.175 e. The average molecular weight is 174 g/mol. The first-order chi connectivity index (χ1) is 5.13. The van der Waals surface area contributed by atoms with Crippen molar-refractivity contribution in [3.63, 3.8) is 0 Å². The highest BCUT2D eigenvalue weighted by atomic mass is 32.1. The monoisotopic (exact) mass is 174 g/mol. The second-order valence-electron chi connectivity index (χ2n) is 3.69. The third kappa shape index (κ3) is 4.05. The van der Waals surface area contributed by atoms with Crippen LogP contribution in [0.3, 0.4) is 0 Å². The van der Waals surface area contributed by atoms with E-state index in [0.29, 0.717) is 5.25 Å². The highest BCUT2D eigenvalue weighted by Gasteiger charge is 2.17. The molecule has 2 atom stereocenters. The van der Waals surface area contributed by atoms with Crippen LogP contribution < -0.4 is 0 Å². The molecular weight excluding hydrogens is 152 g/mol. The van der Waals surface area contributed by atoms with Crippen molar-refractivity contribution >= 4 is 12.6 Å². The smallest absolute Gasteiger partial charge is 0.00679 e. The molecule has 11 heavy (non-hydrogen) atoms. The van der Waals surface area contributed by atoms with E-state index in [4.69, 9.17) is 0 Å². The van der Waals surface area contributed by atoms with Crippen LogP contribution in [0.25, 0.3) is 0 Å². The molecule has 1 heteroatoms. The third-order valence-corrected chi connectivity index (χ3v) is 3.37. The van der Waals surface area contributed by atoms with Crippen LogP contribution in [0.4, 0.5) is 0 Å². The van der Waals surface area contributed by atoms with Crippen LogP contribution in [0.1, 0.15) is 47.0 Å². The second kappa shape index (κ2) is 5.93. The van der Waals surface area contributed by atoms with Crippen LogP contribution in [-0.2, 0) is 0 Å². The molecule has 2 unspecified atom stereocenters. The van der Waals surface area contributed by atoms with Gasteiger partial charge in [0.05, 0.1) is 0 Å². The van der Waals surface area contributed by atoms with Crippen molar-refractivity contribution in [3.05, 3.63) is 0 Å². The second-order valence-corrected chi connectivity index (χ2v) is 4.29. The summed E-state index contributed by atoms with van der Waals surface area (Å²) in [7, 11) is 0. The standard InChI is InChI=1S/C10H22S/c1-5-7-9(6-2)10(11)8(3)4/h8-11H,5-7H2,1-4H3. The number of thiol groups is 1. The number of hydrogen-bond donors (Lipinski definition) is 1. The van der Waals surface area contributed by atoms with Gasteiger partial charge < -0.3 is 0 Å². The molecule has 0 amide bonds. The van der Waals surface area contributed by atoms with Crippen molar-refractivity contribution in [1.29, 1.82) is 0 Å². The van der Waals surface area contributed by atoms with Gasteiger partial charge in [0.15, 0.2) is 0 Å². The number of rotatable bonds is 5. The lowest BCUT2D eigenvalue weighted by Gasteiger charge is -2.24. The van der Waals surface area contributed by atoms with Crippen LogP contribution in [0.5, 0.6) is 0 Å². The highest BCUT2D eigenvalue weighted by Crippen LogP contribution is 2.25. The molecule has 0 aliphatic heterocycles. The summed E-state index contributed by atoms with van der Waals surface area (Å²) in [4.78, 5) is 0. The Balaban J connectivity index is 3.81. The van der Waals surface area contributed by atoms with Gasteiger partial charge in [-0.3, -0.25) is 0 Å². The third-order valence-electron chi connectivity index (χ3n) is 2.35. The Kier molecular flexibility index (Phi) is 6.12. The zero-order valence-corrected chi connectivity index (χ0v) is 9.20.